The molecular formula is C18H22Cl2N4O. The van der Waals surface area contributed by atoms with Crippen LogP contribution in [0.4, 0.5) is 5.82 Å². The molecule has 5 nitrogen and oxygen atoms in total. The first-order chi connectivity index (χ1) is 11.8. The lowest BCUT2D eigenvalue weighted by molar-refractivity contribution is 0.421. The Morgan fingerprint density at radius 2 is 2.00 bits per heavy atom. The molecule has 1 fully saturated rings. The number of nitrogens with two attached hydrogens (primary N) is 1. The Kier molecular flexibility index (Phi) is 5.09. The number of aryl methyl sites for hydroxylation is 1. The molecule has 7 heteroatoms. The first kappa shape index (κ1) is 18.2. The molecule has 1 unspecified atom stereocenters. The third-order valence-corrected chi connectivity index (χ3v) is 5.51. The molecule has 1 atom stereocenters. The molecule has 1 aromatic carbocycles. The van der Waals surface area contributed by atoms with E-state index in [0.29, 0.717) is 27.4 Å². The molecule has 1 saturated heterocycles. The van der Waals surface area contributed by atoms with Gasteiger partial charge >= 0.3 is 0 Å². The number of benzene rings is 1. The Morgan fingerprint density at radius 3 is 2.72 bits per heavy atom. The smallest absolute Gasteiger partial charge is 0.260 e. The van der Waals surface area contributed by atoms with Crippen LogP contribution in [0.3, 0.4) is 0 Å². The van der Waals surface area contributed by atoms with E-state index in [9.17, 15) is 4.79 Å². The molecule has 3 rings (SSSR count). The molecule has 1 aliphatic heterocycles. The molecule has 1 aliphatic rings. The number of hydrogen-bond acceptors (Lipinski definition) is 4. The van der Waals surface area contributed by atoms with E-state index in [4.69, 9.17) is 28.9 Å². The summed E-state index contributed by atoms with van der Waals surface area (Å²) >= 11 is 12.3. The lowest BCUT2D eigenvalue weighted by Gasteiger charge is -2.24. The quantitative estimate of drug-likeness (QED) is 0.864. The van der Waals surface area contributed by atoms with Crippen LogP contribution in [-0.2, 0) is 0 Å². The Balaban J connectivity index is 1.99. The van der Waals surface area contributed by atoms with E-state index in [1.54, 1.807) is 31.2 Å². The molecule has 0 aliphatic carbocycles. The Hall–Kier alpha value is -1.56. The third kappa shape index (κ3) is 3.84. The van der Waals surface area contributed by atoms with Gasteiger partial charge in [-0.3, -0.25) is 9.36 Å². The van der Waals surface area contributed by atoms with Crippen molar-refractivity contribution < 1.29 is 0 Å². The highest BCUT2D eigenvalue weighted by molar-refractivity contribution is 6.43. The predicted molar refractivity (Wildman–Crippen MR) is 103 cm³/mol. The first-order valence-corrected chi connectivity index (χ1v) is 9.13. The number of anilines is 1. The van der Waals surface area contributed by atoms with E-state index in [-0.39, 0.29) is 11.1 Å². The SMILES string of the molecule is Cc1nc(N2CCCC(C)(N)CC2)cc(=O)n1-c1cccc(Cl)c1Cl. The predicted octanol–water partition coefficient (Wildman–Crippen LogP) is 3.56. The highest BCUT2D eigenvalue weighted by Crippen LogP contribution is 2.28. The summed E-state index contributed by atoms with van der Waals surface area (Å²) in [5.74, 6) is 1.26. The van der Waals surface area contributed by atoms with Crippen molar-refractivity contribution in [2.75, 3.05) is 18.0 Å². The minimum atomic E-state index is -0.175. The average molecular weight is 381 g/mol. The van der Waals surface area contributed by atoms with E-state index < -0.39 is 0 Å². The minimum absolute atomic E-state index is 0.160. The molecule has 1 aromatic heterocycles. The van der Waals surface area contributed by atoms with Gasteiger partial charge in [0.2, 0.25) is 0 Å². The summed E-state index contributed by atoms with van der Waals surface area (Å²) in [5, 5.41) is 0.752. The van der Waals surface area contributed by atoms with Crippen LogP contribution in [0.1, 0.15) is 32.0 Å². The maximum atomic E-state index is 12.8. The first-order valence-electron chi connectivity index (χ1n) is 8.37. The van der Waals surface area contributed by atoms with Gasteiger partial charge in [0.25, 0.3) is 5.56 Å². The average Bonchev–Trinajstić information content (AvgIpc) is 2.71. The molecule has 0 amide bonds. The van der Waals surface area contributed by atoms with Gasteiger partial charge in [-0.25, -0.2) is 4.98 Å². The van der Waals surface area contributed by atoms with Gasteiger partial charge in [-0.15, -0.1) is 0 Å². The molecule has 0 saturated carbocycles. The van der Waals surface area contributed by atoms with Crippen molar-refractivity contribution in [3.8, 4) is 5.69 Å². The molecule has 134 valence electrons. The van der Waals surface area contributed by atoms with Gasteiger partial charge in [0, 0.05) is 24.7 Å². The fourth-order valence-electron chi connectivity index (χ4n) is 3.23. The zero-order valence-electron chi connectivity index (χ0n) is 14.4. The van der Waals surface area contributed by atoms with Crippen molar-refractivity contribution in [2.24, 2.45) is 5.73 Å². The van der Waals surface area contributed by atoms with Gasteiger partial charge in [0.05, 0.1) is 15.7 Å². The van der Waals surface area contributed by atoms with Gasteiger partial charge in [-0.2, -0.15) is 0 Å². The monoisotopic (exact) mass is 380 g/mol. The summed E-state index contributed by atoms with van der Waals surface area (Å²) in [6, 6.07) is 6.77. The molecule has 2 N–H and O–H groups in total. The van der Waals surface area contributed by atoms with Gasteiger partial charge in [-0.05, 0) is 45.2 Å². The summed E-state index contributed by atoms with van der Waals surface area (Å²) in [6.45, 7) is 5.52. The second-order valence-electron chi connectivity index (χ2n) is 6.90. The number of hydrogen-bond donors (Lipinski definition) is 1. The van der Waals surface area contributed by atoms with E-state index in [1.165, 1.54) is 4.57 Å². The standard InChI is InChI=1S/C18H22Cl2N4O/c1-12-22-15(23-9-4-7-18(2,21)8-10-23)11-16(25)24(12)14-6-3-5-13(19)17(14)20/h3,5-6,11H,4,7-10,21H2,1-2H3. The Morgan fingerprint density at radius 1 is 1.24 bits per heavy atom. The number of nitrogens with zero attached hydrogens (tertiary/aromatic N) is 3. The van der Waals surface area contributed by atoms with E-state index >= 15 is 0 Å². The van der Waals surface area contributed by atoms with E-state index in [1.807, 2.05) is 0 Å². The fourth-order valence-corrected chi connectivity index (χ4v) is 3.61. The fraction of sp³-hybridized carbons (Fsp3) is 0.444. The Labute approximate surface area is 157 Å². The van der Waals surface area contributed by atoms with Crippen molar-refractivity contribution in [2.45, 2.75) is 38.6 Å². The van der Waals surface area contributed by atoms with Gasteiger partial charge < -0.3 is 10.6 Å². The summed E-state index contributed by atoms with van der Waals surface area (Å²) in [4.78, 5) is 19.5. The van der Waals surface area contributed by atoms with Crippen molar-refractivity contribution in [3.05, 3.63) is 50.5 Å². The highest BCUT2D eigenvalue weighted by Gasteiger charge is 2.25. The maximum Gasteiger partial charge on any atom is 0.260 e. The van der Waals surface area contributed by atoms with Crippen molar-refractivity contribution >= 4 is 29.0 Å². The zero-order valence-corrected chi connectivity index (χ0v) is 15.9. The van der Waals surface area contributed by atoms with Crippen LogP contribution >= 0.6 is 23.2 Å². The largest absolute Gasteiger partial charge is 0.356 e. The molecular weight excluding hydrogens is 359 g/mol. The molecule has 0 spiro atoms. The molecule has 2 aromatic rings. The van der Waals surface area contributed by atoms with Crippen LogP contribution in [0.15, 0.2) is 29.1 Å². The highest BCUT2D eigenvalue weighted by atomic mass is 35.5. The maximum absolute atomic E-state index is 12.8. The summed E-state index contributed by atoms with van der Waals surface area (Å²) in [5.41, 5.74) is 6.48. The second-order valence-corrected chi connectivity index (χ2v) is 7.69. The molecule has 25 heavy (non-hydrogen) atoms. The minimum Gasteiger partial charge on any atom is -0.356 e. The summed E-state index contributed by atoms with van der Waals surface area (Å²) in [7, 11) is 0. The van der Waals surface area contributed by atoms with Crippen LogP contribution in [0, 0.1) is 6.92 Å². The van der Waals surface area contributed by atoms with Crippen LogP contribution in [0.5, 0.6) is 0 Å². The van der Waals surface area contributed by atoms with Crippen LogP contribution in [-0.4, -0.2) is 28.2 Å². The van der Waals surface area contributed by atoms with Crippen LogP contribution in [0.25, 0.3) is 5.69 Å². The van der Waals surface area contributed by atoms with Crippen molar-refractivity contribution in [1.82, 2.24) is 9.55 Å². The van der Waals surface area contributed by atoms with Crippen molar-refractivity contribution in [1.29, 1.82) is 0 Å². The van der Waals surface area contributed by atoms with Crippen LogP contribution in [0.2, 0.25) is 10.0 Å². The molecule has 0 bridgehead atoms. The van der Waals surface area contributed by atoms with Crippen molar-refractivity contribution in [3.63, 3.8) is 0 Å². The van der Waals surface area contributed by atoms with Gasteiger partial charge in [0.1, 0.15) is 11.6 Å². The topological polar surface area (TPSA) is 64.2 Å². The lowest BCUT2D eigenvalue weighted by Crippen LogP contribution is -2.37. The molecule has 0 radical (unpaired) electrons. The van der Waals surface area contributed by atoms with E-state index in [2.05, 4.69) is 16.8 Å². The van der Waals surface area contributed by atoms with Gasteiger partial charge in [0.15, 0.2) is 0 Å². The number of rotatable bonds is 2. The number of halogens is 2. The van der Waals surface area contributed by atoms with Crippen LogP contribution < -0.4 is 16.2 Å². The zero-order chi connectivity index (χ0) is 18.2. The summed E-state index contributed by atoms with van der Waals surface area (Å²) < 4.78 is 1.49. The van der Waals surface area contributed by atoms with Gasteiger partial charge in [-0.1, -0.05) is 29.3 Å². The Bertz CT molecular complexity index is 847. The lowest BCUT2D eigenvalue weighted by atomic mass is 9.95. The molecule has 2 heterocycles. The summed E-state index contributed by atoms with van der Waals surface area (Å²) in [6.07, 6.45) is 2.82. The van der Waals surface area contributed by atoms with E-state index in [0.717, 1.165) is 32.4 Å². The normalized spacial score (nSPS) is 21.2. The second kappa shape index (κ2) is 6.98. The number of aromatic nitrogens is 2. The third-order valence-electron chi connectivity index (χ3n) is 4.70.